The highest BCUT2D eigenvalue weighted by atomic mass is 16.5. The molecule has 0 atom stereocenters. The van der Waals surface area contributed by atoms with Crippen molar-refractivity contribution >= 4 is 6.08 Å². The first-order valence-corrected chi connectivity index (χ1v) is 3.39. The summed E-state index contributed by atoms with van der Waals surface area (Å²) in [7, 11) is 1.64. The van der Waals surface area contributed by atoms with Crippen LogP contribution in [0.25, 0.3) is 6.08 Å². The summed E-state index contributed by atoms with van der Waals surface area (Å²) >= 11 is 0. The van der Waals surface area contributed by atoms with E-state index in [9.17, 15) is 0 Å². The monoisotopic (exact) mass is 149 g/mol. The van der Waals surface area contributed by atoms with Crippen LogP contribution in [0.1, 0.15) is 5.56 Å². The number of ether oxygens (including phenoxy) is 1. The summed E-state index contributed by atoms with van der Waals surface area (Å²) in [5, 5.41) is 0. The van der Waals surface area contributed by atoms with Crippen LogP contribution in [0.2, 0.25) is 0 Å². The lowest BCUT2D eigenvalue weighted by Crippen LogP contribution is -1.83. The molecule has 0 fully saturated rings. The summed E-state index contributed by atoms with van der Waals surface area (Å²) in [5.41, 5.74) is 6.28. The maximum Gasteiger partial charge on any atom is 0.119 e. The van der Waals surface area contributed by atoms with E-state index in [1.807, 2.05) is 30.3 Å². The third-order valence-electron chi connectivity index (χ3n) is 1.38. The van der Waals surface area contributed by atoms with Crippen LogP contribution in [0.4, 0.5) is 0 Å². The molecule has 0 saturated carbocycles. The zero-order valence-corrected chi connectivity index (χ0v) is 6.45. The number of hydrogen-bond donors (Lipinski definition) is 1. The Balaban J connectivity index is 2.91. The lowest BCUT2D eigenvalue weighted by Gasteiger charge is -1.98. The number of methoxy groups -OCH3 is 1. The Kier molecular flexibility index (Phi) is 2.55. The van der Waals surface area contributed by atoms with E-state index in [0.717, 1.165) is 11.3 Å². The van der Waals surface area contributed by atoms with Crippen molar-refractivity contribution in [1.29, 1.82) is 0 Å². The maximum atomic E-state index is 5.23. The second-order valence-electron chi connectivity index (χ2n) is 2.14. The van der Waals surface area contributed by atoms with Gasteiger partial charge in [0.1, 0.15) is 5.75 Å². The van der Waals surface area contributed by atoms with Gasteiger partial charge in [-0.2, -0.15) is 0 Å². The molecule has 2 N–H and O–H groups in total. The molecule has 0 heterocycles. The minimum absolute atomic E-state index is 0.848. The van der Waals surface area contributed by atoms with Crippen LogP contribution in [0.15, 0.2) is 30.5 Å². The molecule has 2 nitrogen and oxygen atoms in total. The van der Waals surface area contributed by atoms with E-state index in [1.54, 1.807) is 7.11 Å². The van der Waals surface area contributed by atoms with Gasteiger partial charge in [-0.25, -0.2) is 0 Å². The van der Waals surface area contributed by atoms with Crippen molar-refractivity contribution in [3.63, 3.8) is 0 Å². The normalized spacial score (nSPS) is 10.3. The van der Waals surface area contributed by atoms with Crippen molar-refractivity contribution in [3.8, 4) is 5.75 Å². The molecular weight excluding hydrogens is 138 g/mol. The third-order valence-corrected chi connectivity index (χ3v) is 1.38. The molecule has 11 heavy (non-hydrogen) atoms. The largest absolute Gasteiger partial charge is 0.497 e. The van der Waals surface area contributed by atoms with Gasteiger partial charge in [0, 0.05) is 0 Å². The first kappa shape index (κ1) is 7.66. The zero-order chi connectivity index (χ0) is 8.10. The SMILES string of the molecule is COc1cccc(/C=C/N)c1. The molecule has 0 bridgehead atoms. The average molecular weight is 149 g/mol. The van der Waals surface area contributed by atoms with Gasteiger partial charge in [0.05, 0.1) is 7.11 Å². The number of rotatable bonds is 2. The first-order chi connectivity index (χ1) is 5.36. The summed E-state index contributed by atoms with van der Waals surface area (Å²) in [4.78, 5) is 0. The fraction of sp³-hybridized carbons (Fsp3) is 0.111. The van der Waals surface area contributed by atoms with Crippen molar-refractivity contribution in [1.82, 2.24) is 0 Å². The lowest BCUT2D eigenvalue weighted by molar-refractivity contribution is 0.414. The van der Waals surface area contributed by atoms with Crippen LogP contribution in [0.5, 0.6) is 5.75 Å². The van der Waals surface area contributed by atoms with Gasteiger partial charge in [-0.15, -0.1) is 0 Å². The van der Waals surface area contributed by atoms with Gasteiger partial charge >= 0.3 is 0 Å². The molecule has 1 aromatic carbocycles. The van der Waals surface area contributed by atoms with Gasteiger partial charge in [-0.1, -0.05) is 12.1 Å². The van der Waals surface area contributed by atoms with Crippen molar-refractivity contribution in [3.05, 3.63) is 36.0 Å². The molecule has 0 aliphatic carbocycles. The fourth-order valence-corrected chi connectivity index (χ4v) is 0.856. The predicted molar refractivity (Wildman–Crippen MR) is 46.2 cm³/mol. The third kappa shape index (κ3) is 2.00. The first-order valence-electron chi connectivity index (χ1n) is 3.39. The Bertz CT molecular complexity index is 255. The van der Waals surface area contributed by atoms with Gasteiger partial charge in [-0.3, -0.25) is 0 Å². The minimum atomic E-state index is 0.848. The summed E-state index contributed by atoms with van der Waals surface area (Å²) in [6.45, 7) is 0. The van der Waals surface area contributed by atoms with E-state index < -0.39 is 0 Å². The van der Waals surface area contributed by atoms with Crippen LogP contribution in [0.3, 0.4) is 0 Å². The summed E-state index contributed by atoms with van der Waals surface area (Å²) in [5.74, 6) is 0.848. The molecule has 0 aliphatic rings. The lowest BCUT2D eigenvalue weighted by atomic mass is 10.2. The second-order valence-corrected chi connectivity index (χ2v) is 2.14. The molecule has 0 radical (unpaired) electrons. The molecule has 2 heteroatoms. The molecule has 0 spiro atoms. The van der Waals surface area contributed by atoms with Crippen molar-refractivity contribution in [2.45, 2.75) is 0 Å². The van der Waals surface area contributed by atoms with Gasteiger partial charge in [0.2, 0.25) is 0 Å². The molecule has 1 aromatic rings. The topological polar surface area (TPSA) is 35.2 Å². The fourth-order valence-electron chi connectivity index (χ4n) is 0.856. The van der Waals surface area contributed by atoms with Gasteiger partial charge < -0.3 is 10.5 Å². The van der Waals surface area contributed by atoms with Crippen LogP contribution in [-0.2, 0) is 0 Å². The smallest absolute Gasteiger partial charge is 0.119 e. The molecule has 0 saturated heterocycles. The summed E-state index contributed by atoms with van der Waals surface area (Å²) in [6, 6.07) is 7.71. The highest BCUT2D eigenvalue weighted by molar-refractivity contribution is 5.51. The number of benzene rings is 1. The molecule has 0 amide bonds. The van der Waals surface area contributed by atoms with Gasteiger partial charge in [-0.05, 0) is 30.0 Å². The Morgan fingerprint density at radius 3 is 2.91 bits per heavy atom. The summed E-state index contributed by atoms with van der Waals surface area (Å²) < 4.78 is 5.03. The molecule has 0 unspecified atom stereocenters. The van der Waals surface area contributed by atoms with Gasteiger partial charge in [0.25, 0.3) is 0 Å². The van der Waals surface area contributed by atoms with Crippen LogP contribution >= 0.6 is 0 Å². The maximum absolute atomic E-state index is 5.23. The highest BCUT2D eigenvalue weighted by Gasteiger charge is 1.89. The molecular formula is C9H11NO. The quantitative estimate of drug-likeness (QED) is 0.693. The Morgan fingerprint density at radius 2 is 2.27 bits per heavy atom. The number of hydrogen-bond acceptors (Lipinski definition) is 2. The van der Waals surface area contributed by atoms with E-state index in [2.05, 4.69) is 0 Å². The van der Waals surface area contributed by atoms with Crippen LogP contribution < -0.4 is 10.5 Å². The van der Waals surface area contributed by atoms with Crippen molar-refractivity contribution in [2.75, 3.05) is 7.11 Å². The highest BCUT2D eigenvalue weighted by Crippen LogP contribution is 2.12. The minimum Gasteiger partial charge on any atom is -0.497 e. The van der Waals surface area contributed by atoms with Gasteiger partial charge in [0.15, 0.2) is 0 Å². The Morgan fingerprint density at radius 1 is 1.45 bits per heavy atom. The Hall–Kier alpha value is -1.44. The molecule has 1 rings (SSSR count). The standard InChI is InChI=1S/C9H11NO/c1-11-9-4-2-3-8(7-9)5-6-10/h2-7H,10H2,1H3/b6-5+. The second kappa shape index (κ2) is 3.66. The predicted octanol–water partition coefficient (Wildman–Crippen LogP) is 1.62. The van der Waals surface area contributed by atoms with Crippen LogP contribution in [0, 0.1) is 0 Å². The van der Waals surface area contributed by atoms with Crippen LogP contribution in [-0.4, -0.2) is 7.11 Å². The van der Waals surface area contributed by atoms with E-state index in [1.165, 1.54) is 6.20 Å². The van der Waals surface area contributed by atoms with Crippen molar-refractivity contribution in [2.24, 2.45) is 5.73 Å². The molecule has 58 valence electrons. The zero-order valence-electron chi connectivity index (χ0n) is 6.45. The summed E-state index contributed by atoms with van der Waals surface area (Å²) in [6.07, 6.45) is 3.33. The average Bonchev–Trinajstić information content (AvgIpc) is 2.06. The molecule has 0 aliphatic heterocycles. The van der Waals surface area contributed by atoms with E-state index in [0.29, 0.717) is 0 Å². The van der Waals surface area contributed by atoms with E-state index in [-0.39, 0.29) is 0 Å². The van der Waals surface area contributed by atoms with Crippen molar-refractivity contribution < 1.29 is 4.74 Å². The number of nitrogens with two attached hydrogens (primary N) is 1. The molecule has 0 aromatic heterocycles. The van der Waals surface area contributed by atoms with E-state index in [4.69, 9.17) is 10.5 Å². The Labute approximate surface area is 66.3 Å². The van der Waals surface area contributed by atoms with E-state index >= 15 is 0 Å².